The van der Waals surface area contributed by atoms with Gasteiger partial charge in [0, 0.05) is 30.9 Å². The fraction of sp³-hybridized carbons (Fsp3) is 0.250. The van der Waals surface area contributed by atoms with Crippen molar-refractivity contribution in [2.45, 2.75) is 26.3 Å². The molecule has 0 aliphatic rings. The molecule has 0 radical (unpaired) electrons. The molecule has 0 aliphatic carbocycles. The molecule has 4 nitrogen and oxygen atoms in total. The first-order valence-electron chi connectivity index (χ1n) is 6.58. The van der Waals surface area contributed by atoms with E-state index in [1.54, 1.807) is 12.3 Å². The third kappa shape index (κ3) is 3.35. The maximum atomic E-state index is 10.6. The Kier molecular flexibility index (Phi) is 4.35. The average Bonchev–Trinajstić information content (AvgIpc) is 2.86. The first-order valence-corrected chi connectivity index (χ1v) is 6.58. The number of benzene rings is 1. The van der Waals surface area contributed by atoms with Gasteiger partial charge in [0.15, 0.2) is 0 Å². The van der Waals surface area contributed by atoms with E-state index in [1.807, 2.05) is 30.5 Å². The second-order valence-corrected chi connectivity index (χ2v) is 4.94. The molecule has 0 bridgehead atoms. The minimum Gasteiger partial charge on any atom is -0.478 e. The maximum Gasteiger partial charge on any atom is 0.328 e. The lowest BCUT2D eigenvalue weighted by molar-refractivity contribution is -0.131. The van der Waals surface area contributed by atoms with Gasteiger partial charge in [-0.25, -0.2) is 9.78 Å². The van der Waals surface area contributed by atoms with Gasteiger partial charge in [-0.05, 0) is 17.2 Å². The fourth-order valence-corrected chi connectivity index (χ4v) is 2.14. The Bertz CT molecular complexity index is 627. The highest BCUT2D eigenvalue weighted by molar-refractivity contribution is 5.85. The summed E-state index contributed by atoms with van der Waals surface area (Å²) < 4.78 is 2.10. The van der Waals surface area contributed by atoms with Crippen molar-refractivity contribution in [1.29, 1.82) is 0 Å². The molecule has 0 amide bonds. The number of hydrogen-bond donors (Lipinski definition) is 1. The van der Waals surface area contributed by atoms with Crippen molar-refractivity contribution in [3.8, 4) is 0 Å². The molecule has 0 fully saturated rings. The molecule has 0 saturated carbocycles. The number of aromatic nitrogens is 2. The van der Waals surface area contributed by atoms with Crippen molar-refractivity contribution >= 4 is 12.0 Å². The Balaban J connectivity index is 2.29. The lowest BCUT2D eigenvalue weighted by atomic mass is 10.1. The van der Waals surface area contributed by atoms with E-state index in [4.69, 9.17) is 5.11 Å². The zero-order valence-electron chi connectivity index (χ0n) is 11.7. The lowest BCUT2D eigenvalue weighted by Crippen LogP contribution is -2.06. The van der Waals surface area contributed by atoms with Gasteiger partial charge in [-0.3, -0.25) is 0 Å². The molecule has 0 aliphatic heterocycles. The van der Waals surface area contributed by atoms with Gasteiger partial charge < -0.3 is 9.67 Å². The quantitative estimate of drug-likeness (QED) is 0.849. The highest BCUT2D eigenvalue weighted by Gasteiger charge is 2.08. The molecule has 0 unspecified atom stereocenters. The summed E-state index contributed by atoms with van der Waals surface area (Å²) in [6.45, 7) is 4.90. The molecule has 0 atom stereocenters. The van der Waals surface area contributed by atoms with Crippen LogP contribution < -0.4 is 0 Å². The van der Waals surface area contributed by atoms with Crippen molar-refractivity contribution < 1.29 is 9.90 Å². The van der Waals surface area contributed by atoms with Gasteiger partial charge in [0.05, 0.1) is 0 Å². The van der Waals surface area contributed by atoms with Crippen molar-refractivity contribution in [2.24, 2.45) is 0 Å². The van der Waals surface area contributed by atoms with E-state index in [2.05, 4.69) is 23.4 Å². The molecule has 0 saturated heterocycles. The second-order valence-electron chi connectivity index (χ2n) is 4.94. The lowest BCUT2D eigenvalue weighted by Gasteiger charge is -2.12. The van der Waals surface area contributed by atoms with Crippen molar-refractivity contribution in [2.75, 3.05) is 0 Å². The van der Waals surface area contributed by atoms with Crippen LogP contribution in [0, 0.1) is 0 Å². The van der Waals surface area contributed by atoms with E-state index in [0.717, 1.165) is 23.0 Å². The molecule has 1 aromatic heterocycles. The van der Waals surface area contributed by atoms with Crippen LogP contribution in [0.25, 0.3) is 6.08 Å². The molecular formula is C16H18N2O2. The molecule has 104 valence electrons. The van der Waals surface area contributed by atoms with Gasteiger partial charge in [-0.15, -0.1) is 0 Å². The largest absolute Gasteiger partial charge is 0.478 e. The molecule has 4 heteroatoms. The van der Waals surface area contributed by atoms with Crippen LogP contribution in [0.3, 0.4) is 0 Å². The molecule has 1 heterocycles. The van der Waals surface area contributed by atoms with E-state index in [0.29, 0.717) is 12.5 Å². The summed E-state index contributed by atoms with van der Waals surface area (Å²) in [5.74, 6) is 0.444. The Labute approximate surface area is 118 Å². The Hall–Kier alpha value is -2.36. The normalized spacial score (nSPS) is 11.3. The van der Waals surface area contributed by atoms with Gasteiger partial charge in [0.2, 0.25) is 0 Å². The third-order valence-electron chi connectivity index (χ3n) is 3.07. The Morgan fingerprint density at radius 3 is 2.85 bits per heavy atom. The fourth-order valence-electron chi connectivity index (χ4n) is 2.14. The molecule has 0 spiro atoms. The van der Waals surface area contributed by atoms with Crippen molar-refractivity contribution in [1.82, 2.24) is 9.55 Å². The van der Waals surface area contributed by atoms with Crippen molar-refractivity contribution in [3.05, 3.63) is 59.7 Å². The summed E-state index contributed by atoms with van der Waals surface area (Å²) in [6, 6.07) is 7.79. The Morgan fingerprint density at radius 1 is 1.40 bits per heavy atom. The minimum atomic E-state index is -0.940. The Morgan fingerprint density at radius 2 is 2.15 bits per heavy atom. The van der Waals surface area contributed by atoms with Crippen LogP contribution in [-0.4, -0.2) is 20.6 Å². The number of carboxylic acids is 1. The third-order valence-corrected chi connectivity index (χ3v) is 3.07. The SMILES string of the molecule is CC(C)c1nccn1Cc1ccccc1C=CC(=O)O. The summed E-state index contributed by atoms with van der Waals surface area (Å²) in [7, 11) is 0. The number of nitrogens with zero attached hydrogens (tertiary/aromatic N) is 2. The molecule has 2 aromatic rings. The number of aliphatic carboxylic acids is 1. The molecule has 1 aromatic carbocycles. The average molecular weight is 270 g/mol. The summed E-state index contributed by atoms with van der Waals surface area (Å²) in [5.41, 5.74) is 1.99. The topological polar surface area (TPSA) is 55.1 Å². The van der Waals surface area contributed by atoms with Crippen LogP contribution in [-0.2, 0) is 11.3 Å². The van der Waals surface area contributed by atoms with E-state index in [9.17, 15) is 4.79 Å². The molecule has 2 rings (SSSR count). The molecule has 1 N–H and O–H groups in total. The van der Waals surface area contributed by atoms with Gasteiger partial charge >= 0.3 is 5.97 Å². The van der Waals surface area contributed by atoms with Crippen LogP contribution in [0.5, 0.6) is 0 Å². The number of carbonyl (C=O) groups is 1. The van der Waals surface area contributed by atoms with Gasteiger partial charge in [0.25, 0.3) is 0 Å². The second kappa shape index (κ2) is 6.19. The molecular weight excluding hydrogens is 252 g/mol. The van der Waals surface area contributed by atoms with Crippen LogP contribution in [0.4, 0.5) is 0 Å². The zero-order chi connectivity index (χ0) is 14.5. The predicted molar refractivity (Wildman–Crippen MR) is 78.5 cm³/mol. The van der Waals surface area contributed by atoms with E-state index >= 15 is 0 Å². The van der Waals surface area contributed by atoms with Gasteiger partial charge in [0.1, 0.15) is 5.82 Å². The van der Waals surface area contributed by atoms with Crippen molar-refractivity contribution in [3.63, 3.8) is 0 Å². The minimum absolute atomic E-state index is 0.353. The van der Waals surface area contributed by atoms with E-state index in [1.165, 1.54) is 0 Å². The predicted octanol–water partition coefficient (Wildman–Crippen LogP) is 3.15. The maximum absolute atomic E-state index is 10.6. The number of imidazole rings is 1. The van der Waals surface area contributed by atoms with Gasteiger partial charge in [-0.2, -0.15) is 0 Å². The highest BCUT2D eigenvalue weighted by Crippen LogP contribution is 2.17. The van der Waals surface area contributed by atoms with Crippen LogP contribution in [0.2, 0.25) is 0 Å². The monoisotopic (exact) mass is 270 g/mol. The standard InChI is InChI=1S/C16H18N2O2/c1-12(2)16-17-9-10-18(16)11-14-6-4-3-5-13(14)7-8-15(19)20/h3-10,12H,11H2,1-2H3,(H,19,20). The first-order chi connectivity index (χ1) is 9.58. The van der Waals surface area contributed by atoms with Crippen LogP contribution in [0.15, 0.2) is 42.7 Å². The van der Waals surface area contributed by atoms with E-state index < -0.39 is 5.97 Å². The number of rotatable bonds is 5. The van der Waals surface area contributed by atoms with Gasteiger partial charge in [-0.1, -0.05) is 38.1 Å². The molecule has 20 heavy (non-hydrogen) atoms. The number of carboxylic acid groups (broad SMARTS) is 1. The zero-order valence-corrected chi connectivity index (χ0v) is 11.7. The summed E-state index contributed by atoms with van der Waals surface area (Å²) in [4.78, 5) is 15.0. The summed E-state index contributed by atoms with van der Waals surface area (Å²) in [6.07, 6.45) is 6.54. The van der Waals surface area contributed by atoms with Crippen LogP contribution in [0.1, 0.15) is 36.7 Å². The summed E-state index contributed by atoms with van der Waals surface area (Å²) >= 11 is 0. The summed E-state index contributed by atoms with van der Waals surface area (Å²) in [5, 5.41) is 8.74. The highest BCUT2D eigenvalue weighted by atomic mass is 16.4. The number of hydrogen-bond acceptors (Lipinski definition) is 2. The first kappa shape index (κ1) is 14.1. The van der Waals surface area contributed by atoms with E-state index in [-0.39, 0.29) is 0 Å². The van der Waals surface area contributed by atoms with Crippen LogP contribution >= 0.6 is 0 Å². The smallest absolute Gasteiger partial charge is 0.328 e.